The van der Waals surface area contributed by atoms with Crippen LogP contribution in [0.25, 0.3) is 0 Å². The van der Waals surface area contributed by atoms with Crippen LogP contribution in [0.1, 0.15) is 31.0 Å². The molecule has 1 saturated heterocycles. The molecule has 1 fully saturated rings. The van der Waals surface area contributed by atoms with Crippen molar-refractivity contribution in [2.24, 2.45) is 13.0 Å². The molecule has 1 aromatic heterocycles. The summed E-state index contributed by atoms with van der Waals surface area (Å²) >= 11 is 0. The van der Waals surface area contributed by atoms with Gasteiger partial charge in [0.2, 0.25) is 5.88 Å². The predicted molar refractivity (Wildman–Crippen MR) is 74.3 cm³/mol. The van der Waals surface area contributed by atoms with E-state index in [1.54, 1.807) is 11.8 Å². The van der Waals surface area contributed by atoms with Crippen LogP contribution in [-0.4, -0.2) is 36.1 Å². The van der Waals surface area contributed by atoms with Crippen molar-refractivity contribution in [2.45, 2.75) is 39.3 Å². The molecule has 0 aliphatic carbocycles. The van der Waals surface area contributed by atoms with Crippen LogP contribution in [0.2, 0.25) is 0 Å². The van der Waals surface area contributed by atoms with E-state index in [0.717, 1.165) is 49.7 Å². The third-order valence-corrected chi connectivity index (χ3v) is 3.94. The third-order valence-electron chi connectivity index (χ3n) is 3.94. The zero-order valence-corrected chi connectivity index (χ0v) is 12.4. The Morgan fingerprint density at radius 2 is 2.32 bits per heavy atom. The lowest BCUT2D eigenvalue weighted by atomic mass is 9.99. The molecule has 1 aliphatic rings. The Bertz CT molecular complexity index is 417. The van der Waals surface area contributed by atoms with Crippen LogP contribution in [0.3, 0.4) is 0 Å². The molecule has 0 saturated carbocycles. The Balaban J connectivity index is 1.89. The van der Waals surface area contributed by atoms with Crippen molar-refractivity contribution in [3.05, 3.63) is 11.3 Å². The van der Waals surface area contributed by atoms with Crippen LogP contribution in [0.4, 0.5) is 0 Å². The summed E-state index contributed by atoms with van der Waals surface area (Å²) in [5.41, 5.74) is 2.18. The normalized spacial score (nSPS) is 22.9. The maximum atomic E-state index is 5.71. The number of nitrogens with one attached hydrogen (secondary N) is 1. The molecule has 19 heavy (non-hydrogen) atoms. The molecule has 2 rings (SSSR count). The molecule has 5 nitrogen and oxygen atoms in total. The van der Waals surface area contributed by atoms with Gasteiger partial charge < -0.3 is 14.8 Å². The van der Waals surface area contributed by atoms with Gasteiger partial charge in [-0.2, -0.15) is 5.10 Å². The van der Waals surface area contributed by atoms with Gasteiger partial charge in [-0.05, 0) is 25.7 Å². The molecule has 2 heterocycles. The molecule has 1 N–H and O–H groups in total. The van der Waals surface area contributed by atoms with E-state index < -0.39 is 0 Å². The molecule has 1 aliphatic heterocycles. The number of ether oxygens (including phenoxy) is 2. The molecular weight excluding hydrogens is 242 g/mol. The van der Waals surface area contributed by atoms with Gasteiger partial charge in [-0.1, -0.05) is 6.92 Å². The molecule has 0 radical (unpaired) electrons. The smallest absolute Gasteiger partial charge is 0.216 e. The van der Waals surface area contributed by atoms with Crippen molar-refractivity contribution in [3.8, 4) is 5.88 Å². The maximum absolute atomic E-state index is 5.71. The summed E-state index contributed by atoms with van der Waals surface area (Å²) in [6.07, 6.45) is 2.68. The largest absolute Gasteiger partial charge is 0.481 e. The summed E-state index contributed by atoms with van der Waals surface area (Å²) in [5.74, 6) is 1.48. The van der Waals surface area contributed by atoms with Crippen molar-refractivity contribution in [3.63, 3.8) is 0 Å². The van der Waals surface area contributed by atoms with Gasteiger partial charge in [0.1, 0.15) is 0 Å². The fraction of sp³-hybridized carbons (Fsp3) is 0.786. The summed E-state index contributed by atoms with van der Waals surface area (Å²) in [6.45, 7) is 6.91. The molecule has 5 heteroatoms. The average molecular weight is 267 g/mol. The molecule has 2 unspecified atom stereocenters. The van der Waals surface area contributed by atoms with Crippen molar-refractivity contribution >= 4 is 0 Å². The number of hydrogen-bond donors (Lipinski definition) is 1. The van der Waals surface area contributed by atoms with Crippen LogP contribution in [0, 0.1) is 12.8 Å². The number of hydrogen-bond acceptors (Lipinski definition) is 4. The van der Waals surface area contributed by atoms with Crippen molar-refractivity contribution in [1.29, 1.82) is 0 Å². The van der Waals surface area contributed by atoms with E-state index in [4.69, 9.17) is 9.47 Å². The van der Waals surface area contributed by atoms with Gasteiger partial charge >= 0.3 is 0 Å². The Labute approximate surface area is 115 Å². The highest BCUT2D eigenvalue weighted by Crippen LogP contribution is 2.24. The SMILES string of the molecule is CCC1OCCC1CNCc1c(C)nn(C)c1OC. The molecule has 108 valence electrons. The highest BCUT2D eigenvalue weighted by molar-refractivity contribution is 5.30. The first-order valence-corrected chi connectivity index (χ1v) is 7.06. The second-order valence-electron chi connectivity index (χ2n) is 5.19. The maximum Gasteiger partial charge on any atom is 0.216 e. The zero-order chi connectivity index (χ0) is 13.8. The zero-order valence-electron chi connectivity index (χ0n) is 12.4. The minimum Gasteiger partial charge on any atom is -0.481 e. The van der Waals surface area contributed by atoms with Gasteiger partial charge in [-0.15, -0.1) is 0 Å². The number of rotatable bonds is 6. The first kappa shape index (κ1) is 14.3. The molecular formula is C14H25N3O2. The van der Waals surface area contributed by atoms with E-state index in [-0.39, 0.29) is 0 Å². The van der Waals surface area contributed by atoms with Crippen molar-refractivity contribution in [1.82, 2.24) is 15.1 Å². The fourth-order valence-corrected chi connectivity index (χ4v) is 2.90. The lowest BCUT2D eigenvalue weighted by Gasteiger charge is -2.17. The summed E-state index contributed by atoms with van der Waals surface area (Å²) in [5, 5.41) is 7.91. The Morgan fingerprint density at radius 1 is 1.53 bits per heavy atom. The van der Waals surface area contributed by atoms with Crippen LogP contribution >= 0.6 is 0 Å². The molecule has 2 atom stereocenters. The second kappa shape index (κ2) is 6.39. The number of aryl methyl sites for hydroxylation is 2. The predicted octanol–water partition coefficient (Wildman–Crippen LogP) is 1.64. The number of nitrogens with zero attached hydrogens (tertiary/aromatic N) is 2. The van der Waals surface area contributed by atoms with E-state index >= 15 is 0 Å². The molecule has 0 aromatic carbocycles. The van der Waals surface area contributed by atoms with E-state index in [1.807, 2.05) is 14.0 Å². The fourth-order valence-electron chi connectivity index (χ4n) is 2.90. The molecule has 0 bridgehead atoms. The van der Waals surface area contributed by atoms with Crippen LogP contribution < -0.4 is 10.1 Å². The quantitative estimate of drug-likeness (QED) is 0.851. The minimum atomic E-state index is 0.421. The van der Waals surface area contributed by atoms with Gasteiger partial charge in [0.25, 0.3) is 0 Å². The topological polar surface area (TPSA) is 48.3 Å². The summed E-state index contributed by atoms with van der Waals surface area (Å²) in [7, 11) is 3.60. The lowest BCUT2D eigenvalue weighted by molar-refractivity contribution is 0.0872. The highest BCUT2D eigenvalue weighted by atomic mass is 16.5. The monoisotopic (exact) mass is 267 g/mol. The lowest BCUT2D eigenvalue weighted by Crippen LogP contribution is -2.28. The van der Waals surface area contributed by atoms with Crippen molar-refractivity contribution in [2.75, 3.05) is 20.3 Å². The van der Waals surface area contributed by atoms with E-state index in [2.05, 4.69) is 17.3 Å². The van der Waals surface area contributed by atoms with Crippen LogP contribution in [0.15, 0.2) is 0 Å². The van der Waals surface area contributed by atoms with Crippen LogP contribution in [-0.2, 0) is 18.3 Å². The van der Waals surface area contributed by atoms with Gasteiger partial charge in [0.05, 0.1) is 24.5 Å². The average Bonchev–Trinajstić information content (AvgIpc) is 2.94. The molecule has 0 spiro atoms. The summed E-state index contributed by atoms with van der Waals surface area (Å²) in [4.78, 5) is 0. The summed E-state index contributed by atoms with van der Waals surface area (Å²) in [6, 6.07) is 0. The minimum absolute atomic E-state index is 0.421. The van der Waals surface area contributed by atoms with E-state index in [9.17, 15) is 0 Å². The first-order chi connectivity index (χ1) is 9.17. The van der Waals surface area contributed by atoms with Crippen molar-refractivity contribution < 1.29 is 9.47 Å². The Morgan fingerprint density at radius 3 is 3.00 bits per heavy atom. The summed E-state index contributed by atoms with van der Waals surface area (Å²) < 4.78 is 12.9. The van der Waals surface area contributed by atoms with Gasteiger partial charge in [0, 0.05) is 26.7 Å². The van der Waals surface area contributed by atoms with Gasteiger partial charge in [0.15, 0.2) is 0 Å². The highest BCUT2D eigenvalue weighted by Gasteiger charge is 2.26. The Hall–Kier alpha value is -1.07. The molecule has 0 amide bonds. The van der Waals surface area contributed by atoms with Gasteiger partial charge in [-0.25, -0.2) is 4.68 Å². The Kier molecular flexibility index (Phi) is 4.82. The van der Waals surface area contributed by atoms with E-state index in [0.29, 0.717) is 12.0 Å². The standard InChI is InChI=1S/C14H25N3O2/c1-5-13-11(6-7-19-13)8-15-9-12-10(2)16-17(3)14(12)18-4/h11,13,15H,5-9H2,1-4H3. The first-order valence-electron chi connectivity index (χ1n) is 7.06. The van der Waals surface area contributed by atoms with E-state index in [1.165, 1.54) is 0 Å². The number of methoxy groups -OCH3 is 1. The molecule has 1 aromatic rings. The van der Waals surface area contributed by atoms with Crippen LogP contribution in [0.5, 0.6) is 5.88 Å². The third kappa shape index (κ3) is 3.09. The van der Waals surface area contributed by atoms with Gasteiger partial charge in [-0.3, -0.25) is 0 Å². The second-order valence-corrected chi connectivity index (χ2v) is 5.19. The number of aromatic nitrogens is 2.